The highest BCUT2D eigenvalue weighted by Crippen LogP contribution is 2.36. The lowest BCUT2D eigenvalue weighted by Gasteiger charge is -2.29. The Morgan fingerprint density at radius 1 is 1.14 bits per heavy atom. The minimum atomic E-state index is -3.67. The van der Waals surface area contributed by atoms with Crippen LogP contribution in [0.2, 0.25) is 0 Å². The van der Waals surface area contributed by atoms with E-state index in [-0.39, 0.29) is 24.2 Å². The van der Waals surface area contributed by atoms with Crippen LogP contribution in [0.1, 0.15) is 19.4 Å². The SMILES string of the molecule is CCS(=O)(=O)N(CC(=O)N1c2ccccc2C[C@H]1C)c1ccc2c(c1)OCCO2. The Kier molecular flexibility index (Phi) is 5.12. The van der Waals surface area contributed by atoms with Crippen LogP contribution in [-0.4, -0.2) is 45.9 Å². The van der Waals surface area contributed by atoms with Gasteiger partial charge in [0.2, 0.25) is 15.9 Å². The van der Waals surface area contributed by atoms with Crippen LogP contribution in [0.3, 0.4) is 0 Å². The maximum atomic E-state index is 13.2. The second kappa shape index (κ2) is 7.59. The van der Waals surface area contributed by atoms with Gasteiger partial charge in [-0.15, -0.1) is 0 Å². The van der Waals surface area contributed by atoms with E-state index < -0.39 is 10.0 Å². The molecule has 0 saturated heterocycles. The number of fused-ring (bicyclic) bond motifs is 2. The van der Waals surface area contributed by atoms with Gasteiger partial charge in [0.25, 0.3) is 0 Å². The number of hydrogen-bond donors (Lipinski definition) is 0. The minimum Gasteiger partial charge on any atom is -0.486 e. The largest absolute Gasteiger partial charge is 0.486 e. The first-order valence-corrected chi connectivity index (χ1v) is 11.3. The van der Waals surface area contributed by atoms with Crippen molar-refractivity contribution in [2.75, 3.05) is 34.7 Å². The molecule has 2 aromatic carbocycles. The highest BCUT2D eigenvalue weighted by molar-refractivity contribution is 7.92. The molecular formula is C21H24N2O5S. The molecule has 4 rings (SSSR count). The molecule has 2 aromatic rings. The number of carbonyl (C=O) groups is 1. The monoisotopic (exact) mass is 416 g/mol. The Labute approximate surface area is 170 Å². The van der Waals surface area contributed by atoms with Crippen LogP contribution in [0, 0.1) is 0 Å². The summed E-state index contributed by atoms with van der Waals surface area (Å²) in [5.74, 6) is 0.690. The lowest BCUT2D eigenvalue weighted by atomic mass is 10.1. The fraction of sp³-hybridized carbons (Fsp3) is 0.381. The summed E-state index contributed by atoms with van der Waals surface area (Å²) < 4.78 is 37.9. The highest BCUT2D eigenvalue weighted by atomic mass is 32.2. The molecule has 8 heteroatoms. The number of para-hydroxylation sites is 1. The first-order valence-electron chi connectivity index (χ1n) is 9.70. The van der Waals surface area contributed by atoms with Crippen LogP contribution in [0.15, 0.2) is 42.5 Å². The topological polar surface area (TPSA) is 76.2 Å². The van der Waals surface area contributed by atoms with E-state index in [0.717, 1.165) is 17.7 Å². The Balaban J connectivity index is 1.66. The van der Waals surface area contributed by atoms with Gasteiger partial charge in [0, 0.05) is 17.8 Å². The molecule has 1 amide bonds. The van der Waals surface area contributed by atoms with Crippen molar-refractivity contribution < 1.29 is 22.7 Å². The minimum absolute atomic E-state index is 0.0219. The third-order valence-electron chi connectivity index (χ3n) is 5.27. The van der Waals surface area contributed by atoms with E-state index in [1.54, 1.807) is 30.0 Å². The molecule has 0 aromatic heterocycles. The number of sulfonamides is 1. The number of amides is 1. The van der Waals surface area contributed by atoms with Gasteiger partial charge in [-0.3, -0.25) is 9.10 Å². The summed E-state index contributed by atoms with van der Waals surface area (Å²) in [4.78, 5) is 14.9. The summed E-state index contributed by atoms with van der Waals surface area (Å²) in [5.41, 5.74) is 2.34. The zero-order chi connectivity index (χ0) is 20.6. The fourth-order valence-corrected chi connectivity index (χ4v) is 4.89. The predicted octanol–water partition coefficient (Wildman–Crippen LogP) is 2.59. The molecule has 2 aliphatic rings. The summed E-state index contributed by atoms with van der Waals surface area (Å²) in [6.07, 6.45) is 0.756. The lowest BCUT2D eigenvalue weighted by Crippen LogP contribution is -2.45. The van der Waals surface area contributed by atoms with Gasteiger partial charge < -0.3 is 14.4 Å². The molecule has 0 bridgehead atoms. The van der Waals surface area contributed by atoms with E-state index in [0.29, 0.717) is 30.4 Å². The van der Waals surface area contributed by atoms with Gasteiger partial charge in [0.1, 0.15) is 19.8 Å². The molecule has 29 heavy (non-hydrogen) atoms. The Morgan fingerprint density at radius 3 is 2.62 bits per heavy atom. The molecule has 1 atom stereocenters. The third-order valence-corrected chi connectivity index (χ3v) is 7.01. The van der Waals surface area contributed by atoms with Gasteiger partial charge in [-0.1, -0.05) is 18.2 Å². The number of hydrogen-bond acceptors (Lipinski definition) is 5. The number of benzene rings is 2. The van der Waals surface area contributed by atoms with Crippen LogP contribution >= 0.6 is 0 Å². The van der Waals surface area contributed by atoms with E-state index in [4.69, 9.17) is 9.47 Å². The molecule has 0 spiro atoms. The number of anilines is 2. The van der Waals surface area contributed by atoms with Crippen molar-refractivity contribution in [1.29, 1.82) is 0 Å². The predicted molar refractivity (Wildman–Crippen MR) is 111 cm³/mol. The average Bonchev–Trinajstić information content (AvgIpc) is 3.07. The number of rotatable bonds is 5. The molecule has 0 aliphatic carbocycles. The molecular weight excluding hydrogens is 392 g/mol. The van der Waals surface area contributed by atoms with Crippen molar-refractivity contribution in [2.45, 2.75) is 26.3 Å². The smallest absolute Gasteiger partial charge is 0.248 e. The van der Waals surface area contributed by atoms with Crippen molar-refractivity contribution in [3.8, 4) is 11.5 Å². The normalized spacial score (nSPS) is 17.7. The first-order chi connectivity index (χ1) is 13.9. The van der Waals surface area contributed by atoms with Crippen molar-refractivity contribution in [3.63, 3.8) is 0 Å². The van der Waals surface area contributed by atoms with Crippen molar-refractivity contribution in [3.05, 3.63) is 48.0 Å². The molecule has 0 N–H and O–H groups in total. The number of nitrogens with zero attached hydrogens (tertiary/aromatic N) is 2. The summed E-state index contributed by atoms with van der Waals surface area (Å²) in [6, 6.07) is 12.7. The Morgan fingerprint density at radius 2 is 1.86 bits per heavy atom. The quantitative estimate of drug-likeness (QED) is 0.749. The van der Waals surface area contributed by atoms with Crippen molar-refractivity contribution in [2.24, 2.45) is 0 Å². The maximum Gasteiger partial charge on any atom is 0.248 e. The van der Waals surface area contributed by atoms with Gasteiger partial charge in [0.05, 0.1) is 11.4 Å². The van der Waals surface area contributed by atoms with Crippen LogP contribution in [0.4, 0.5) is 11.4 Å². The molecule has 0 unspecified atom stereocenters. The van der Waals surface area contributed by atoms with E-state index in [1.165, 1.54) is 4.31 Å². The Hall–Kier alpha value is -2.74. The first kappa shape index (κ1) is 19.6. The van der Waals surface area contributed by atoms with Gasteiger partial charge in [0.15, 0.2) is 11.5 Å². The van der Waals surface area contributed by atoms with E-state index in [9.17, 15) is 13.2 Å². The average molecular weight is 416 g/mol. The summed E-state index contributed by atoms with van der Waals surface area (Å²) in [6.45, 7) is 4.12. The van der Waals surface area contributed by atoms with Crippen molar-refractivity contribution in [1.82, 2.24) is 0 Å². The molecule has 7 nitrogen and oxygen atoms in total. The zero-order valence-corrected chi connectivity index (χ0v) is 17.3. The standard InChI is InChI=1S/C21H24N2O5S/c1-3-29(25,26)22(17-8-9-19-20(13-17)28-11-10-27-19)14-21(24)23-15(2)12-16-6-4-5-7-18(16)23/h4-9,13,15H,3,10-12,14H2,1-2H3/t15-/m1/s1. The number of carbonyl (C=O) groups excluding carboxylic acids is 1. The molecule has 0 fully saturated rings. The van der Waals surface area contributed by atoms with Gasteiger partial charge >= 0.3 is 0 Å². The van der Waals surface area contributed by atoms with Crippen LogP contribution in [0.5, 0.6) is 11.5 Å². The second-order valence-corrected chi connectivity index (χ2v) is 9.36. The van der Waals surface area contributed by atoms with Gasteiger partial charge in [-0.2, -0.15) is 0 Å². The molecule has 2 aliphatic heterocycles. The zero-order valence-electron chi connectivity index (χ0n) is 16.5. The molecule has 2 heterocycles. The number of ether oxygens (including phenoxy) is 2. The second-order valence-electron chi connectivity index (χ2n) is 7.18. The van der Waals surface area contributed by atoms with Crippen molar-refractivity contribution >= 4 is 27.3 Å². The molecule has 154 valence electrons. The summed E-state index contributed by atoms with van der Waals surface area (Å²) >= 11 is 0. The van der Waals surface area contributed by atoms with E-state index in [2.05, 4.69) is 0 Å². The van der Waals surface area contributed by atoms with E-state index in [1.807, 2.05) is 31.2 Å². The summed E-state index contributed by atoms with van der Waals surface area (Å²) in [5, 5.41) is 0. The van der Waals surface area contributed by atoms with Gasteiger partial charge in [-0.05, 0) is 44.0 Å². The van der Waals surface area contributed by atoms with Gasteiger partial charge in [-0.25, -0.2) is 8.42 Å². The maximum absolute atomic E-state index is 13.2. The molecule has 0 saturated carbocycles. The summed E-state index contributed by atoms with van der Waals surface area (Å²) in [7, 11) is -3.67. The lowest BCUT2D eigenvalue weighted by molar-refractivity contribution is -0.117. The van der Waals surface area contributed by atoms with Crippen LogP contribution in [0.25, 0.3) is 0 Å². The Bertz CT molecular complexity index is 1040. The van der Waals surface area contributed by atoms with E-state index >= 15 is 0 Å². The van der Waals surface area contributed by atoms with Crippen LogP contribution in [-0.2, 0) is 21.2 Å². The fourth-order valence-electron chi connectivity index (χ4n) is 3.84. The third kappa shape index (κ3) is 3.64. The highest BCUT2D eigenvalue weighted by Gasteiger charge is 2.34. The van der Waals surface area contributed by atoms with Crippen LogP contribution < -0.4 is 18.7 Å². The molecule has 0 radical (unpaired) electrons.